The molecule has 0 saturated carbocycles. The zero-order valence-electron chi connectivity index (χ0n) is 19.9. The first-order chi connectivity index (χ1) is 16.3. The Labute approximate surface area is 199 Å². The number of carbonyl (C=O) groups excluding carboxylic acids is 2. The number of carbonyl (C=O) groups is 2. The second-order valence-electron chi connectivity index (χ2n) is 8.36. The van der Waals surface area contributed by atoms with Gasteiger partial charge in [-0.05, 0) is 25.1 Å². The van der Waals surface area contributed by atoms with Crippen LogP contribution in [0.2, 0.25) is 0 Å². The lowest BCUT2D eigenvalue weighted by atomic mass is 9.99. The number of aromatic nitrogens is 2. The van der Waals surface area contributed by atoms with Gasteiger partial charge in [-0.25, -0.2) is 4.98 Å². The van der Waals surface area contributed by atoms with Crippen LogP contribution in [-0.2, 0) is 4.74 Å². The van der Waals surface area contributed by atoms with Crippen LogP contribution in [0.15, 0.2) is 36.8 Å². The molecule has 0 fully saturated rings. The lowest BCUT2D eigenvalue weighted by Gasteiger charge is -2.37. The molecule has 2 aromatic heterocycles. The minimum Gasteiger partial charge on any atom is -0.472 e. The van der Waals surface area contributed by atoms with Crippen molar-refractivity contribution in [3.05, 3.63) is 53.5 Å². The molecule has 2 amide bonds. The van der Waals surface area contributed by atoms with Crippen LogP contribution in [0, 0.1) is 17.8 Å². The fourth-order valence-corrected chi connectivity index (χ4v) is 3.66. The summed E-state index contributed by atoms with van der Waals surface area (Å²) >= 11 is 0. The number of nitrogens with zero attached hydrogens (tertiary/aromatic N) is 4. The van der Waals surface area contributed by atoms with Crippen LogP contribution < -0.4 is 4.74 Å². The van der Waals surface area contributed by atoms with E-state index in [9.17, 15) is 14.7 Å². The van der Waals surface area contributed by atoms with Gasteiger partial charge in [0.05, 0.1) is 24.8 Å². The highest BCUT2D eigenvalue weighted by atomic mass is 16.5. The predicted octanol–water partition coefficient (Wildman–Crippen LogP) is 1.47. The van der Waals surface area contributed by atoms with E-state index >= 15 is 0 Å². The maximum Gasteiger partial charge on any atom is 0.259 e. The van der Waals surface area contributed by atoms with Gasteiger partial charge >= 0.3 is 0 Å². The highest BCUT2D eigenvalue weighted by Crippen LogP contribution is 2.27. The Bertz CT molecular complexity index is 1070. The zero-order valence-corrected chi connectivity index (χ0v) is 19.9. The minimum atomic E-state index is -0.441. The molecule has 0 unspecified atom stereocenters. The molecule has 3 rings (SSSR count). The highest BCUT2D eigenvalue weighted by molar-refractivity contribution is 5.97. The van der Waals surface area contributed by atoms with Crippen molar-refractivity contribution >= 4 is 11.8 Å². The van der Waals surface area contributed by atoms with E-state index in [0.717, 1.165) is 0 Å². The van der Waals surface area contributed by atoms with Crippen molar-refractivity contribution in [2.24, 2.45) is 5.92 Å². The Morgan fingerprint density at radius 1 is 1.44 bits per heavy atom. The third-order valence-corrected chi connectivity index (χ3v) is 5.68. The molecular weight excluding hydrogens is 436 g/mol. The molecule has 9 nitrogen and oxygen atoms in total. The molecule has 1 aliphatic rings. The summed E-state index contributed by atoms with van der Waals surface area (Å²) in [4.78, 5) is 37.8. The van der Waals surface area contributed by atoms with E-state index in [4.69, 9.17) is 9.47 Å². The van der Waals surface area contributed by atoms with Gasteiger partial charge in [0, 0.05) is 50.8 Å². The van der Waals surface area contributed by atoms with Gasteiger partial charge in [-0.3, -0.25) is 14.6 Å². The standard InChI is InChI=1S/C25H30N4O5/c1-17-14-29(18(2)16-30)25(32)21-11-19(7-6-10-33-4)12-27-23(21)34-22(17)15-28(3)24(31)20-8-5-9-26-13-20/h5,8-9,11-13,17-18,22,30H,10,14-16H2,1-4H3/t17-,18+,22+/m1/s1. The number of methoxy groups -OCH3 is 1. The van der Waals surface area contributed by atoms with Crippen molar-refractivity contribution in [3.63, 3.8) is 0 Å². The summed E-state index contributed by atoms with van der Waals surface area (Å²) in [5.41, 5.74) is 1.30. The number of rotatable bonds is 6. The van der Waals surface area contributed by atoms with Crippen molar-refractivity contribution in [2.45, 2.75) is 26.0 Å². The topological polar surface area (TPSA) is 105 Å². The molecule has 0 aromatic carbocycles. The normalized spacial score (nSPS) is 18.5. The van der Waals surface area contributed by atoms with Crippen LogP contribution in [0.4, 0.5) is 0 Å². The summed E-state index contributed by atoms with van der Waals surface area (Å²) in [6, 6.07) is 4.66. The lowest BCUT2D eigenvalue weighted by Crippen LogP contribution is -2.50. The largest absolute Gasteiger partial charge is 0.472 e. The molecular formula is C25H30N4O5. The summed E-state index contributed by atoms with van der Waals surface area (Å²) in [5.74, 6) is 5.34. The summed E-state index contributed by atoms with van der Waals surface area (Å²) in [6.07, 6.45) is 4.24. The molecule has 3 heterocycles. The molecule has 0 radical (unpaired) electrons. The predicted molar refractivity (Wildman–Crippen MR) is 125 cm³/mol. The molecule has 9 heteroatoms. The Hall–Kier alpha value is -3.48. The zero-order chi connectivity index (χ0) is 24.7. The van der Waals surface area contributed by atoms with Crippen LogP contribution >= 0.6 is 0 Å². The molecule has 1 aliphatic heterocycles. The first kappa shape index (κ1) is 25.1. The van der Waals surface area contributed by atoms with E-state index < -0.39 is 12.1 Å². The van der Waals surface area contributed by atoms with Gasteiger partial charge in [-0.15, -0.1) is 0 Å². The van der Waals surface area contributed by atoms with Crippen molar-refractivity contribution in [1.29, 1.82) is 0 Å². The van der Waals surface area contributed by atoms with Gasteiger partial charge in [-0.1, -0.05) is 18.8 Å². The molecule has 0 aliphatic carbocycles. The summed E-state index contributed by atoms with van der Waals surface area (Å²) in [7, 11) is 3.25. The van der Waals surface area contributed by atoms with E-state index in [2.05, 4.69) is 21.8 Å². The minimum absolute atomic E-state index is 0.141. The average Bonchev–Trinajstić information content (AvgIpc) is 2.86. The SMILES string of the molecule is COCC#Cc1cnc2c(c1)C(=O)N([C@@H](C)CO)C[C@@H](C)[C@H](CN(C)C(=O)c1cccnc1)O2. The van der Waals surface area contributed by atoms with Crippen LogP contribution in [0.1, 0.15) is 40.1 Å². The summed E-state index contributed by atoms with van der Waals surface area (Å²) in [6.45, 7) is 4.44. The number of aliphatic hydroxyl groups is 1. The second-order valence-corrected chi connectivity index (χ2v) is 8.36. The first-order valence-corrected chi connectivity index (χ1v) is 11.1. The Balaban J connectivity index is 1.93. The monoisotopic (exact) mass is 466 g/mol. The van der Waals surface area contributed by atoms with Crippen molar-refractivity contribution in [2.75, 3.05) is 40.5 Å². The number of ether oxygens (including phenoxy) is 2. The molecule has 0 spiro atoms. The molecule has 1 N–H and O–H groups in total. The Kier molecular flexibility index (Phi) is 8.57. The van der Waals surface area contributed by atoms with Crippen molar-refractivity contribution in [1.82, 2.24) is 19.8 Å². The maximum absolute atomic E-state index is 13.4. The van der Waals surface area contributed by atoms with Gasteiger partial charge in [0.1, 0.15) is 18.3 Å². The molecule has 34 heavy (non-hydrogen) atoms. The lowest BCUT2D eigenvalue weighted by molar-refractivity contribution is 0.0313. The number of pyridine rings is 2. The quantitative estimate of drug-likeness (QED) is 0.643. The smallest absolute Gasteiger partial charge is 0.259 e. The van der Waals surface area contributed by atoms with E-state index in [1.807, 2.05) is 6.92 Å². The third-order valence-electron chi connectivity index (χ3n) is 5.68. The molecule has 0 saturated heterocycles. The number of amides is 2. The molecule has 3 atom stereocenters. The van der Waals surface area contributed by atoms with Crippen LogP contribution in [0.3, 0.4) is 0 Å². The average molecular weight is 467 g/mol. The van der Waals surface area contributed by atoms with E-state index in [-0.39, 0.29) is 48.9 Å². The van der Waals surface area contributed by atoms with Crippen molar-refractivity contribution in [3.8, 4) is 17.7 Å². The first-order valence-electron chi connectivity index (χ1n) is 11.1. The number of fused-ring (bicyclic) bond motifs is 1. The van der Waals surface area contributed by atoms with Crippen LogP contribution in [-0.4, -0.2) is 89.3 Å². The van der Waals surface area contributed by atoms with Gasteiger partial charge in [0.2, 0.25) is 5.88 Å². The number of hydrogen-bond donors (Lipinski definition) is 1. The third kappa shape index (κ3) is 5.90. The molecule has 180 valence electrons. The van der Waals surface area contributed by atoms with Gasteiger partial charge in [0.15, 0.2) is 0 Å². The number of aliphatic hydroxyl groups excluding tert-OH is 1. The second kappa shape index (κ2) is 11.6. The Morgan fingerprint density at radius 2 is 2.24 bits per heavy atom. The fraction of sp³-hybridized carbons (Fsp3) is 0.440. The van der Waals surface area contributed by atoms with Crippen molar-refractivity contribution < 1.29 is 24.2 Å². The van der Waals surface area contributed by atoms with Gasteiger partial charge < -0.3 is 24.4 Å². The van der Waals surface area contributed by atoms with Crippen LogP contribution in [0.25, 0.3) is 0 Å². The maximum atomic E-state index is 13.4. The molecule has 2 aromatic rings. The Morgan fingerprint density at radius 3 is 2.91 bits per heavy atom. The summed E-state index contributed by atoms with van der Waals surface area (Å²) < 4.78 is 11.2. The van der Waals surface area contributed by atoms with Gasteiger partial charge in [0.25, 0.3) is 11.8 Å². The van der Waals surface area contributed by atoms with Gasteiger partial charge in [-0.2, -0.15) is 0 Å². The van der Waals surface area contributed by atoms with E-state index in [1.165, 1.54) is 6.20 Å². The van der Waals surface area contributed by atoms with Crippen LogP contribution in [0.5, 0.6) is 5.88 Å². The van der Waals surface area contributed by atoms with E-state index in [1.54, 1.807) is 61.5 Å². The highest BCUT2D eigenvalue weighted by Gasteiger charge is 2.34. The fourth-order valence-electron chi connectivity index (χ4n) is 3.66. The van der Waals surface area contributed by atoms with E-state index in [0.29, 0.717) is 17.7 Å². The number of likely N-dealkylation sites (N-methyl/N-ethyl adjacent to an activating group) is 1. The number of hydrogen-bond acceptors (Lipinski definition) is 7. The molecule has 0 bridgehead atoms. The summed E-state index contributed by atoms with van der Waals surface area (Å²) in [5, 5.41) is 9.77.